The van der Waals surface area contributed by atoms with E-state index in [-0.39, 0.29) is 5.69 Å². The maximum absolute atomic E-state index is 14.5. The Morgan fingerprint density at radius 3 is 2.54 bits per heavy atom. The highest BCUT2D eigenvalue weighted by atomic mass is 35.5. The van der Waals surface area contributed by atoms with Gasteiger partial charge in [0.05, 0.1) is 11.7 Å². The molecular weight excluding hydrogens is 467 g/mol. The minimum absolute atomic E-state index is 0.0849. The van der Waals surface area contributed by atoms with E-state index in [0.717, 1.165) is 17.7 Å². The van der Waals surface area contributed by atoms with Gasteiger partial charge in [-0.05, 0) is 66.8 Å². The first kappa shape index (κ1) is 25.2. The number of pyridine rings is 1. The van der Waals surface area contributed by atoms with E-state index in [0.29, 0.717) is 48.9 Å². The van der Waals surface area contributed by atoms with Crippen LogP contribution in [0.1, 0.15) is 31.0 Å². The Kier molecular flexibility index (Phi) is 8.04. The number of likely N-dealkylation sites (tertiary alicyclic amines) is 1. The van der Waals surface area contributed by atoms with Crippen LogP contribution >= 0.6 is 11.6 Å². The molecule has 0 bridgehead atoms. The Morgan fingerprint density at radius 1 is 1.14 bits per heavy atom. The molecule has 1 aliphatic rings. The highest BCUT2D eigenvalue weighted by Gasteiger charge is 2.38. The second-order valence-corrected chi connectivity index (χ2v) is 9.14. The Morgan fingerprint density at radius 2 is 1.89 bits per heavy atom. The van der Waals surface area contributed by atoms with Crippen molar-refractivity contribution in [3.8, 4) is 28.7 Å². The van der Waals surface area contributed by atoms with Gasteiger partial charge in [0.1, 0.15) is 18.1 Å². The molecule has 0 spiro atoms. The van der Waals surface area contributed by atoms with Crippen molar-refractivity contribution in [3.63, 3.8) is 0 Å². The number of aliphatic hydroxyl groups is 2. The van der Waals surface area contributed by atoms with E-state index in [1.807, 2.05) is 43.3 Å². The first-order valence-corrected chi connectivity index (χ1v) is 12.0. The minimum atomic E-state index is -0.981. The molecule has 2 N–H and O–H groups in total. The smallest absolute Gasteiger partial charge is 0.158 e. The fraction of sp³-hybridized carbons (Fsp3) is 0.321. The number of aromatic nitrogens is 1. The van der Waals surface area contributed by atoms with Crippen molar-refractivity contribution in [2.45, 2.75) is 31.5 Å². The molecule has 1 aliphatic heterocycles. The number of benzene rings is 2. The summed E-state index contributed by atoms with van der Waals surface area (Å²) in [4.78, 5) is 6.26. The van der Waals surface area contributed by atoms with E-state index in [1.165, 1.54) is 6.07 Å². The molecule has 1 saturated heterocycles. The van der Waals surface area contributed by atoms with Gasteiger partial charge in [0.2, 0.25) is 0 Å². The van der Waals surface area contributed by atoms with E-state index >= 15 is 0 Å². The molecule has 4 rings (SSSR count). The number of hydrogen-bond donors (Lipinski definition) is 2. The predicted octanol–water partition coefficient (Wildman–Crippen LogP) is 4.53. The average Bonchev–Trinajstić information content (AvgIpc) is 2.87. The standard InChI is InChI=1S/C28H28ClFN2O3/c1-2-28(34)13-14-32(19-27(28)33)15-16-35-24-10-3-20(4-11-24)5-12-26-25(30)17-22(18-31-26)21-6-8-23(29)9-7-21/h3-4,6-11,17-18,27,33-34H,2,13-16,19H2,1H3/t27?,28-/m1/s1. The fourth-order valence-electron chi connectivity index (χ4n) is 4.03. The second kappa shape index (κ2) is 11.2. The summed E-state index contributed by atoms with van der Waals surface area (Å²) in [6, 6.07) is 15.8. The van der Waals surface area contributed by atoms with E-state index < -0.39 is 17.5 Å². The molecule has 2 atom stereocenters. The van der Waals surface area contributed by atoms with Crippen molar-refractivity contribution in [1.82, 2.24) is 9.88 Å². The van der Waals surface area contributed by atoms with Gasteiger partial charge >= 0.3 is 0 Å². The SMILES string of the molecule is CC[C@@]1(O)CCN(CCOc2ccc(C#Cc3ncc(-c4ccc(Cl)cc4)cc3F)cc2)CC1O. The van der Waals surface area contributed by atoms with E-state index in [1.54, 1.807) is 18.3 Å². The molecule has 2 heterocycles. The lowest BCUT2D eigenvalue weighted by Crippen LogP contribution is -2.55. The Bertz CT molecular complexity index is 1210. The lowest BCUT2D eigenvalue weighted by atomic mass is 9.86. The van der Waals surface area contributed by atoms with Crippen molar-refractivity contribution >= 4 is 11.6 Å². The molecule has 7 heteroatoms. The first-order chi connectivity index (χ1) is 16.9. The Labute approximate surface area is 210 Å². The topological polar surface area (TPSA) is 65.8 Å². The third-order valence-electron chi connectivity index (χ3n) is 6.40. The molecule has 3 aromatic rings. The van der Waals surface area contributed by atoms with Crippen molar-refractivity contribution in [2.75, 3.05) is 26.2 Å². The van der Waals surface area contributed by atoms with Crippen LogP contribution in [-0.2, 0) is 0 Å². The van der Waals surface area contributed by atoms with Crippen LogP contribution in [0.4, 0.5) is 4.39 Å². The van der Waals surface area contributed by atoms with Gasteiger partial charge in [0, 0.05) is 42.0 Å². The van der Waals surface area contributed by atoms with E-state index in [9.17, 15) is 14.6 Å². The highest BCUT2D eigenvalue weighted by Crippen LogP contribution is 2.26. The maximum atomic E-state index is 14.5. The third kappa shape index (κ3) is 6.39. The molecular formula is C28H28ClFN2O3. The molecule has 0 saturated carbocycles. The van der Waals surface area contributed by atoms with Gasteiger partial charge in [0.25, 0.3) is 0 Å². The lowest BCUT2D eigenvalue weighted by molar-refractivity contribution is -0.121. The summed E-state index contributed by atoms with van der Waals surface area (Å²) >= 11 is 5.91. The van der Waals surface area contributed by atoms with Crippen LogP contribution in [0.25, 0.3) is 11.1 Å². The largest absolute Gasteiger partial charge is 0.492 e. The molecule has 2 aromatic carbocycles. The summed E-state index contributed by atoms with van der Waals surface area (Å²) in [6.45, 7) is 4.19. The van der Waals surface area contributed by atoms with Crippen molar-refractivity contribution in [1.29, 1.82) is 0 Å². The average molecular weight is 495 g/mol. The molecule has 5 nitrogen and oxygen atoms in total. The van der Waals surface area contributed by atoms with E-state index in [4.69, 9.17) is 16.3 Å². The molecule has 0 aliphatic carbocycles. The monoisotopic (exact) mass is 494 g/mol. The van der Waals surface area contributed by atoms with Crippen LogP contribution in [0.15, 0.2) is 60.8 Å². The molecule has 1 fully saturated rings. The summed E-state index contributed by atoms with van der Waals surface area (Å²) < 4.78 is 20.3. The van der Waals surface area contributed by atoms with Crippen molar-refractivity contribution in [3.05, 3.63) is 82.9 Å². The summed E-state index contributed by atoms with van der Waals surface area (Å²) in [5, 5.41) is 21.2. The van der Waals surface area contributed by atoms with Gasteiger partial charge in [-0.1, -0.05) is 36.6 Å². The van der Waals surface area contributed by atoms with Gasteiger partial charge in [-0.3, -0.25) is 4.90 Å². The molecule has 1 aromatic heterocycles. The second-order valence-electron chi connectivity index (χ2n) is 8.71. The third-order valence-corrected chi connectivity index (χ3v) is 6.65. The Hall–Kier alpha value is -2.95. The maximum Gasteiger partial charge on any atom is 0.158 e. The number of halogens is 2. The van der Waals surface area contributed by atoms with Gasteiger partial charge < -0.3 is 14.9 Å². The zero-order chi connectivity index (χ0) is 24.8. The van der Waals surface area contributed by atoms with Crippen molar-refractivity contribution < 1.29 is 19.3 Å². The minimum Gasteiger partial charge on any atom is -0.492 e. The number of nitrogens with zero attached hydrogens (tertiary/aromatic N) is 2. The van der Waals surface area contributed by atoms with Crippen LogP contribution in [0.2, 0.25) is 5.02 Å². The highest BCUT2D eigenvalue weighted by molar-refractivity contribution is 6.30. The molecule has 35 heavy (non-hydrogen) atoms. The number of aliphatic hydroxyl groups excluding tert-OH is 1. The summed E-state index contributed by atoms with van der Waals surface area (Å²) in [5.74, 6) is 5.95. The summed E-state index contributed by atoms with van der Waals surface area (Å²) in [5.41, 5.74) is 1.31. The first-order valence-electron chi connectivity index (χ1n) is 11.7. The number of hydrogen-bond acceptors (Lipinski definition) is 5. The zero-order valence-corrected chi connectivity index (χ0v) is 20.3. The zero-order valence-electron chi connectivity index (χ0n) is 19.5. The summed E-state index contributed by atoms with van der Waals surface area (Å²) in [7, 11) is 0. The van der Waals surface area contributed by atoms with Gasteiger partial charge in [-0.15, -0.1) is 0 Å². The van der Waals surface area contributed by atoms with Gasteiger partial charge in [-0.2, -0.15) is 0 Å². The number of rotatable bonds is 6. The van der Waals surface area contributed by atoms with Crippen LogP contribution in [0.5, 0.6) is 5.75 Å². The normalized spacial score (nSPS) is 20.2. The van der Waals surface area contributed by atoms with Gasteiger partial charge in [-0.25, -0.2) is 9.37 Å². The lowest BCUT2D eigenvalue weighted by Gasteiger charge is -2.41. The fourth-order valence-corrected chi connectivity index (χ4v) is 4.15. The Balaban J connectivity index is 1.30. The quantitative estimate of drug-likeness (QED) is 0.493. The number of piperidine rings is 1. The van der Waals surface area contributed by atoms with E-state index in [2.05, 4.69) is 21.7 Å². The molecule has 0 amide bonds. The number of β-amino-alcohol motifs (C(OH)–C–C–N with tert-alkyl or cyclic N) is 1. The predicted molar refractivity (Wildman–Crippen MR) is 135 cm³/mol. The number of ether oxygens (including phenoxy) is 1. The van der Waals surface area contributed by atoms with Crippen LogP contribution < -0.4 is 4.74 Å². The van der Waals surface area contributed by atoms with Gasteiger partial charge in [0.15, 0.2) is 5.82 Å². The van der Waals surface area contributed by atoms with Crippen molar-refractivity contribution in [2.24, 2.45) is 0 Å². The molecule has 1 unspecified atom stereocenters. The van der Waals surface area contributed by atoms with Crippen LogP contribution in [-0.4, -0.2) is 58.0 Å². The molecule has 182 valence electrons. The van der Waals surface area contributed by atoms with Crippen LogP contribution in [0, 0.1) is 17.7 Å². The van der Waals surface area contributed by atoms with Crippen LogP contribution in [0.3, 0.4) is 0 Å². The summed E-state index contributed by atoms with van der Waals surface area (Å²) in [6.07, 6.45) is 1.95. The molecule has 0 radical (unpaired) electrons.